The maximum absolute atomic E-state index is 13.2. The number of aromatic nitrogens is 2. The maximum Gasteiger partial charge on any atom is 0.263 e. The van der Waals surface area contributed by atoms with E-state index in [-0.39, 0.29) is 5.56 Å². The molecule has 2 aromatic rings. The second-order valence-electron chi connectivity index (χ2n) is 8.46. The maximum atomic E-state index is 13.2. The van der Waals surface area contributed by atoms with Gasteiger partial charge in [-0.1, -0.05) is 49.0 Å². The van der Waals surface area contributed by atoms with Gasteiger partial charge in [0.25, 0.3) is 5.56 Å². The molecule has 0 N–H and O–H groups in total. The predicted molar refractivity (Wildman–Crippen MR) is 116 cm³/mol. The Labute approximate surface area is 176 Å². The lowest BCUT2D eigenvalue weighted by atomic mass is 9.71. The number of rotatable bonds is 2. The summed E-state index contributed by atoms with van der Waals surface area (Å²) in [5.74, 6) is 2.25. The molecule has 1 saturated heterocycles. The van der Waals surface area contributed by atoms with Crippen LogP contribution in [0, 0.1) is 25.2 Å². The summed E-state index contributed by atoms with van der Waals surface area (Å²) in [6.45, 7) is 8.07. The van der Waals surface area contributed by atoms with Gasteiger partial charge in [-0.05, 0) is 56.6 Å². The van der Waals surface area contributed by atoms with Gasteiger partial charge in [-0.3, -0.25) is 9.36 Å². The molecule has 1 aliphatic heterocycles. The van der Waals surface area contributed by atoms with Crippen molar-refractivity contribution in [3.05, 3.63) is 50.0 Å². The Balaban J connectivity index is 1.68. The highest BCUT2D eigenvalue weighted by molar-refractivity contribution is 6.43. The molecule has 28 heavy (non-hydrogen) atoms. The van der Waals surface area contributed by atoms with Crippen molar-refractivity contribution in [1.82, 2.24) is 9.55 Å². The van der Waals surface area contributed by atoms with Crippen LogP contribution >= 0.6 is 23.2 Å². The van der Waals surface area contributed by atoms with E-state index >= 15 is 0 Å². The number of anilines is 1. The van der Waals surface area contributed by atoms with E-state index in [1.807, 2.05) is 13.8 Å². The van der Waals surface area contributed by atoms with Crippen LogP contribution in [0.3, 0.4) is 0 Å². The smallest absolute Gasteiger partial charge is 0.263 e. The van der Waals surface area contributed by atoms with Gasteiger partial charge in [0.1, 0.15) is 11.6 Å². The van der Waals surface area contributed by atoms with Crippen molar-refractivity contribution in [3.8, 4) is 5.69 Å². The number of halogens is 2. The fourth-order valence-electron chi connectivity index (χ4n) is 5.17. The third kappa shape index (κ3) is 3.15. The van der Waals surface area contributed by atoms with Crippen LogP contribution in [-0.2, 0) is 0 Å². The summed E-state index contributed by atoms with van der Waals surface area (Å²) in [5, 5.41) is 0.803. The molecule has 1 saturated carbocycles. The van der Waals surface area contributed by atoms with Crippen LogP contribution in [0.15, 0.2) is 23.0 Å². The van der Waals surface area contributed by atoms with Crippen LogP contribution in [0.4, 0.5) is 5.82 Å². The molecule has 2 fully saturated rings. The molecule has 4 nitrogen and oxygen atoms in total. The number of nitrogens with zero attached hydrogens (tertiary/aromatic N) is 3. The quantitative estimate of drug-likeness (QED) is 0.638. The van der Waals surface area contributed by atoms with Gasteiger partial charge in [0, 0.05) is 13.1 Å². The molecular formula is C22H27Cl2N3O. The van der Waals surface area contributed by atoms with Gasteiger partial charge in [0.15, 0.2) is 0 Å². The van der Waals surface area contributed by atoms with Crippen LogP contribution in [0.2, 0.25) is 10.0 Å². The molecule has 1 aromatic carbocycles. The van der Waals surface area contributed by atoms with Gasteiger partial charge in [0.2, 0.25) is 0 Å². The fraction of sp³-hybridized carbons (Fsp3) is 0.545. The second-order valence-corrected chi connectivity index (χ2v) is 9.25. The standard InChI is InChI=1S/C22H27Cl2N3O/c1-14-6-5-9-22(14)10-12-26(13-11-22)20-15(2)21(28)27(16(3)25-20)18-8-4-7-17(23)19(18)24/h4,7-8,14H,5-6,9-13H2,1-3H3/t14-/m1/s1. The van der Waals surface area contributed by atoms with Gasteiger partial charge >= 0.3 is 0 Å². The third-order valence-electron chi connectivity index (χ3n) is 7.04. The lowest BCUT2D eigenvalue weighted by Gasteiger charge is -2.43. The molecule has 0 bridgehead atoms. The molecule has 1 atom stereocenters. The van der Waals surface area contributed by atoms with E-state index in [0.29, 0.717) is 32.5 Å². The zero-order chi connectivity index (χ0) is 20.1. The number of hydrogen-bond acceptors (Lipinski definition) is 3. The van der Waals surface area contributed by atoms with Gasteiger partial charge in [-0.15, -0.1) is 0 Å². The van der Waals surface area contributed by atoms with Crippen molar-refractivity contribution in [2.24, 2.45) is 11.3 Å². The zero-order valence-corrected chi connectivity index (χ0v) is 18.3. The summed E-state index contributed by atoms with van der Waals surface area (Å²) in [5.41, 5.74) is 1.66. The van der Waals surface area contributed by atoms with Crippen molar-refractivity contribution in [1.29, 1.82) is 0 Å². The van der Waals surface area contributed by atoms with Crippen molar-refractivity contribution in [3.63, 3.8) is 0 Å². The molecule has 1 spiro atoms. The van der Waals surface area contributed by atoms with Crippen LogP contribution in [0.5, 0.6) is 0 Å². The third-order valence-corrected chi connectivity index (χ3v) is 7.85. The Morgan fingerprint density at radius 3 is 2.50 bits per heavy atom. The molecule has 2 aliphatic rings. The molecule has 0 radical (unpaired) electrons. The molecule has 2 heterocycles. The first kappa shape index (κ1) is 19.8. The Kier molecular flexibility index (Phi) is 5.22. The minimum atomic E-state index is -0.0822. The number of benzene rings is 1. The Morgan fingerprint density at radius 1 is 1.14 bits per heavy atom. The zero-order valence-electron chi connectivity index (χ0n) is 16.8. The predicted octanol–water partition coefficient (Wildman–Crippen LogP) is 5.56. The lowest BCUT2D eigenvalue weighted by molar-refractivity contribution is 0.161. The van der Waals surface area contributed by atoms with Crippen molar-refractivity contribution >= 4 is 29.0 Å². The minimum Gasteiger partial charge on any atom is -0.356 e. The largest absolute Gasteiger partial charge is 0.356 e. The Hall–Kier alpha value is -1.52. The summed E-state index contributed by atoms with van der Waals surface area (Å²) in [7, 11) is 0. The van der Waals surface area contributed by atoms with Gasteiger partial charge in [0.05, 0.1) is 21.3 Å². The topological polar surface area (TPSA) is 38.1 Å². The van der Waals surface area contributed by atoms with Crippen LogP contribution in [0.25, 0.3) is 5.69 Å². The second kappa shape index (κ2) is 7.38. The summed E-state index contributed by atoms with van der Waals surface area (Å²) in [6, 6.07) is 5.32. The van der Waals surface area contributed by atoms with E-state index in [2.05, 4.69) is 11.8 Å². The number of piperidine rings is 1. The molecule has 0 unspecified atom stereocenters. The highest BCUT2D eigenvalue weighted by atomic mass is 35.5. The molecule has 4 rings (SSSR count). The Bertz CT molecular complexity index is 961. The van der Waals surface area contributed by atoms with Gasteiger partial charge < -0.3 is 4.90 Å². The molecule has 0 amide bonds. The normalized spacial score (nSPS) is 21.5. The molecular weight excluding hydrogens is 393 g/mol. The first-order chi connectivity index (χ1) is 13.3. The molecule has 150 valence electrons. The van der Waals surface area contributed by atoms with Gasteiger partial charge in [-0.25, -0.2) is 4.98 Å². The van der Waals surface area contributed by atoms with Crippen LogP contribution in [-0.4, -0.2) is 22.6 Å². The first-order valence-corrected chi connectivity index (χ1v) is 10.9. The highest BCUT2D eigenvalue weighted by Gasteiger charge is 2.42. The van der Waals surface area contributed by atoms with E-state index in [1.165, 1.54) is 32.1 Å². The summed E-state index contributed by atoms with van der Waals surface area (Å²) in [6.07, 6.45) is 6.44. The van der Waals surface area contributed by atoms with Crippen LogP contribution in [0.1, 0.15) is 50.4 Å². The number of hydrogen-bond donors (Lipinski definition) is 0. The van der Waals surface area contributed by atoms with E-state index in [4.69, 9.17) is 28.2 Å². The number of aryl methyl sites for hydroxylation is 1. The average molecular weight is 420 g/mol. The summed E-state index contributed by atoms with van der Waals surface area (Å²) < 4.78 is 1.57. The lowest BCUT2D eigenvalue weighted by Crippen LogP contribution is -2.43. The van der Waals surface area contributed by atoms with Crippen LogP contribution < -0.4 is 10.5 Å². The SMILES string of the molecule is Cc1c(N2CCC3(CCC[C@H]3C)CC2)nc(C)n(-c2cccc(Cl)c2Cl)c1=O. The highest BCUT2D eigenvalue weighted by Crippen LogP contribution is 2.50. The Morgan fingerprint density at radius 2 is 1.86 bits per heavy atom. The van der Waals surface area contributed by atoms with E-state index in [9.17, 15) is 4.79 Å². The molecule has 6 heteroatoms. The van der Waals surface area contributed by atoms with Gasteiger partial charge in [-0.2, -0.15) is 0 Å². The fourth-order valence-corrected chi connectivity index (χ4v) is 5.55. The molecule has 1 aliphatic carbocycles. The summed E-state index contributed by atoms with van der Waals surface area (Å²) in [4.78, 5) is 20.3. The van der Waals surface area contributed by atoms with E-state index in [1.54, 1.807) is 22.8 Å². The van der Waals surface area contributed by atoms with E-state index in [0.717, 1.165) is 24.8 Å². The van der Waals surface area contributed by atoms with Crippen molar-refractivity contribution < 1.29 is 0 Å². The summed E-state index contributed by atoms with van der Waals surface area (Å²) >= 11 is 12.5. The van der Waals surface area contributed by atoms with Crippen molar-refractivity contribution in [2.75, 3.05) is 18.0 Å². The van der Waals surface area contributed by atoms with Crippen molar-refractivity contribution in [2.45, 2.75) is 52.9 Å². The first-order valence-electron chi connectivity index (χ1n) is 10.1. The molecule has 1 aromatic heterocycles. The average Bonchev–Trinajstić information content (AvgIpc) is 3.02. The minimum absolute atomic E-state index is 0.0822. The van der Waals surface area contributed by atoms with E-state index < -0.39 is 0 Å². The monoisotopic (exact) mass is 419 g/mol.